The Labute approximate surface area is 220 Å². The van der Waals surface area contributed by atoms with Gasteiger partial charge >= 0.3 is 12.8 Å². The number of carbonyl (C=O) groups is 1. The first-order valence-corrected chi connectivity index (χ1v) is 13.9. The average molecular weight is 574 g/mol. The second kappa shape index (κ2) is 9.81. The molecule has 2 unspecified atom stereocenters. The maximum absolute atomic E-state index is 14.0. The number of halogens is 5. The highest BCUT2D eigenvalue weighted by molar-refractivity contribution is 7.92. The second-order valence-corrected chi connectivity index (χ2v) is 12.4. The van der Waals surface area contributed by atoms with Crippen LogP contribution in [0.4, 0.5) is 22.0 Å². The number of rotatable bonds is 7. The number of carbonyl (C=O) groups excluding carboxylic acids is 1. The van der Waals surface area contributed by atoms with Crippen molar-refractivity contribution in [3.05, 3.63) is 42.1 Å². The van der Waals surface area contributed by atoms with Crippen molar-refractivity contribution in [2.75, 3.05) is 24.7 Å². The predicted molar refractivity (Wildman–Crippen MR) is 129 cm³/mol. The van der Waals surface area contributed by atoms with Crippen LogP contribution in [-0.2, 0) is 14.6 Å². The summed E-state index contributed by atoms with van der Waals surface area (Å²) in [5, 5.41) is 4.45. The third-order valence-corrected chi connectivity index (χ3v) is 9.25. The number of hydrogen-bond acceptors (Lipinski definition) is 7. The van der Waals surface area contributed by atoms with E-state index in [1.165, 1.54) is 41.2 Å². The van der Waals surface area contributed by atoms with Crippen LogP contribution in [0.25, 0.3) is 22.3 Å². The van der Waals surface area contributed by atoms with E-state index in [0.717, 1.165) is 0 Å². The Balaban J connectivity index is 1.60. The van der Waals surface area contributed by atoms with Crippen LogP contribution in [0.3, 0.4) is 0 Å². The van der Waals surface area contributed by atoms with E-state index in [9.17, 15) is 35.2 Å². The molecule has 2 aliphatic heterocycles. The van der Waals surface area contributed by atoms with E-state index in [4.69, 9.17) is 4.74 Å². The summed E-state index contributed by atoms with van der Waals surface area (Å²) in [4.78, 5) is 17.4. The molecule has 8 nitrogen and oxygen atoms in total. The first-order valence-electron chi connectivity index (χ1n) is 12.1. The number of pyridine rings is 1. The zero-order chi connectivity index (χ0) is 28.2. The first-order chi connectivity index (χ1) is 18.2. The Morgan fingerprint density at radius 1 is 1.26 bits per heavy atom. The highest BCUT2D eigenvalue weighted by atomic mass is 32.2. The van der Waals surface area contributed by atoms with E-state index < -0.39 is 52.4 Å². The molecule has 2 aliphatic rings. The largest absolute Gasteiger partial charge is 0.435 e. The Morgan fingerprint density at radius 3 is 2.67 bits per heavy atom. The van der Waals surface area contributed by atoms with Gasteiger partial charge in [0.25, 0.3) is 0 Å². The smallest absolute Gasteiger partial charge is 0.396 e. The van der Waals surface area contributed by atoms with E-state index in [0.29, 0.717) is 0 Å². The number of Topliss-reactive ketones (excluding diaryl/α,β-unsaturated/α-hetero) is 1. The summed E-state index contributed by atoms with van der Waals surface area (Å²) in [6, 6.07) is 5.79. The minimum atomic E-state index is -4.60. The minimum absolute atomic E-state index is 0.0109. The van der Waals surface area contributed by atoms with Crippen LogP contribution in [0.5, 0.6) is 5.75 Å². The van der Waals surface area contributed by atoms with Crippen LogP contribution < -0.4 is 4.74 Å². The molecule has 3 aromatic rings. The molecule has 2 fully saturated rings. The molecule has 39 heavy (non-hydrogen) atoms. The van der Waals surface area contributed by atoms with Crippen molar-refractivity contribution in [2.24, 2.45) is 11.3 Å². The van der Waals surface area contributed by atoms with E-state index in [2.05, 4.69) is 14.8 Å². The molecule has 2 saturated heterocycles. The van der Waals surface area contributed by atoms with Crippen LogP contribution in [0.15, 0.2) is 36.5 Å². The van der Waals surface area contributed by atoms with Crippen molar-refractivity contribution in [2.45, 2.75) is 38.6 Å². The summed E-state index contributed by atoms with van der Waals surface area (Å²) in [5.41, 5.74) is 0.114. The quantitative estimate of drug-likeness (QED) is 0.294. The molecule has 0 N–H and O–H groups in total. The molecule has 0 spiro atoms. The number of sulfone groups is 1. The second-order valence-electron chi connectivity index (χ2n) is 10.3. The fourth-order valence-electron chi connectivity index (χ4n) is 5.38. The summed E-state index contributed by atoms with van der Waals surface area (Å²) < 4.78 is 101. The predicted octanol–water partition coefficient (Wildman–Crippen LogP) is 4.85. The lowest BCUT2D eigenvalue weighted by Gasteiger charge is -2.37. The van der Waals surface area contributed by atoms with Gasteiger partial charge in [-0.2, -0.15) is 27.1 Å². The van der Waals surface area contributed by atoms with Crippen molar-refractivity contribution in [3.63, 3.8) is 0 Å². The van der Waals surface area contributed by atoms with Gasteiger partial charge in [-0.05, 0) is 24.6 Å². The van der Waals surface area contributed by atoms with Gasteiger partial charge in [0.15, 0.2) is 15.6 Å². The summed E-state index contributed by atoms with van der Waals surface area (Å²) >= 11 is 0. The van der Waals surface area contributed by atoms with Crippen molar-refractivity contribution < 1.29 is 44.6 Å². The molecule has 0 aliphatic carbocycles. The highest BCUT2D eigenvalue weighted by Crippen LogP contribution is 2.42. The molecule has 1 aromatic carbocycles. The number of alkyl halides is 5. The number of ketones is 1. The van der Waals surface area contributed by atoms with Crippen LogP contribution in [0.1, 0.15) is 36.2 Å². The Bertz CT molecular complexity index is 1510. The molecule has 2 aromatic heterocycles. The molecule has 0 amide bonds. The fraction of sp³-hybridized carbons (Fsp3) is 0.480. The number of benzene rings is 1. The summed E-state index contributed by atoms with van der Waals surface area (Å²) in [6.45, 7) is -1.90. The summed E-state index contributed by atoms with van der Waals surface area (Å²) in [7, 11) is -3.19. The summed E-state index contributed by atoms with van der Waals surface area (Å²) in [6.07, 6.45) is -3.42. The molecular weight excluding hydrogens is 549 g/mol. The van der Waals surface area contributed by atoms with Gasteiger partial charge in [0.05, 0.1) is 29.7 Å². The van der Waals surface area contributed by atoms with E-state index in [1.807, 2.05) is 0 Å². The Morgan fingerprint density at radius 2 is 2.00 bits per heavy atom. The lowest BCUT2D eigenvalue weighted by atomic mass is 9.86. The van der Waals surface area contributed by atoms with Gasteiger partial charge in [0.2, 0.25) is 0 Å². The fourth-order valence-corrected chi connectivity index (χ4v) is 7.63. The number of fused-ring (bicyclic) bond motifs is 1. The Hall–Kier alpha value is -3.13. The van der Waals surface area contributed by atoms with Gasteiger partial charge in [-0.1, -0.05) is 19.1 Å². The maximum Gasteiger partial charge on any atom is 0.396 e. The zero-order valence-corrected chi connectivity index (χ0v) is 21.4. The van der Waals surface area contributed by atoms with Gasteiger partial charge < -0.3 is 9.47 Å². The third-order valence-electron chi connectivity index (χ3n) is 6.98. The molecule has 5 rings (SSSR count). The molecule has 0 saturated carbocycles. The highest BCUT2D eigenvalue weighted by Gasteiger charge is 2.48. The lowest BCUT2D eigenvalue weighted by molar-refractivity contribution is -0.213. The normalized spacial score (nSPS) is 22.5. The van der Waals surface area contributed by atoms with Gasteiger partial charge in [-0.15, -0.1) is 0 Å². The Kier molecular flexibility index (Phi) is 6.90. The van der Waals surface area contributed by atoms with Gasteiger partial charge in [-0.3, -0.25) is 14.5 Å². The minimum Gasteiger partial charge on any atom is -0.435 e. The van der Waals surface area contributed by atoms with Crippen molar-refractivity contribution in [3.8, 4) is 17.0 Å². The van der Waals surface area contributed by atoms with Crippen molar-refractivity contribution in [1.29, 1.82) is 0 Å². The average Bonchev–Trinajstić information content (AvgIpc) is 3.20. The van der Waals surface area contributed by atoms with Gasteiger partial charge in [-0.25, -0.2) is 8.42 Å². The number of hydrogen-bond donors (Lipinski definition) is 0. The molecule has 210 valence electrons. The summed E-state index contributed by atoms with van der Waals surface area (Å²) in [5.74, 6) is -2.71. The van der Waals surface area contributed by atoms with Crippen LogP contribution in [-0.4, -0.2) is 66.5 Å². The van der Waals surface area contributed by atoms with E-state index >= 15 is 0 Å². The van der Waals surface area contributed by atoms with Crippen LogP contribution in [0.2, 0.25) is 0 Å². The van der Waals surface area contributed by atoms with E-state index in [-0.39, 0.29) is 64.6 Å². The van der Waals surface area contributed by atoms with Gasteiger partial charge in [0, 0.05) is 35.8 Å². The standard InChI is InChI=1S/C25H24F5N3O5S/c1-24(12-39(35,36)13-24)9-20(34)15-8-19-22(31-10-15)21(14-3-2-4-16(7-14)38-23(26)27)32-33(19)18-5-6-37-11-17(18)25(28,29)30/h2-4,7-8,10,17-18,23H,5-6,9,11-13H2,1H3. The first kappa shape index (κ1) is 27.4. The third kappa shape index (κ3) is 5.62. The molecular formula is C25H24F5N3O5S. The van der Waals surface area contributed by atoms with E-state index in [1.54, 1.807) is 6.92 Å². The molecule has 2 atom stereocenters. The van der Waals surface area contributed by atoms with Crippen LogP contribution in [0, 0.1) is 11.3 Å². The SMILES string of the molecule is CC1(CC(=O)c2cnc3c(-c4cccc(OC(F)F)c4)nn(C4CCOCC4C(F)(F)F)c3c2)CS(=O)(=O)C1. The van der Waals surface area contributed by atoms with Crippen molar-refractivity contribution >= 4 is 26.7 Å². The number of aromatic nitrogens is 3. The molecule has 0 bridgehead atoms. The molecule has 4 heterocycles. The zero-order valence-electron chi connectivity index (χ0n) is 20.6. The van der Waals surface area contributed by atoms with Crippen LogP contribution >= 0.6 is 0 Å². The molecule has 0 radical (unpaired) electrons. The van der Waals surface area contributed by atoms with Gasteiger partial charge in [0.1, 0.15) is 22.9 Å². The lowest BCUT2D eigenvalue weighted by Crippen LogP contribution is -2.47. The molecule has 14 heteroatoms. The maximum atomic E-state index is 14.0. The van der Waals surface area contributed by atoms with Crippen molar-refractivity contribution in [1.82, 2.24) is 14.8 Å². The topological polar surface area (TPSA) is 100 Å². The monoisotopic (exact) mass is 573 g/mol. The number of nitrogens with zero attached hydrogens (tertiary/aromatic N) is 3. The number of ether oxygens (including phenoxy) is 2.